The van der Waals surface area contributed by atoms with Crippen molar-refractivity contribution in [3.05, 3.63) is 65.9 Å². The van der Waals surface area contributed by atoms with E-state index < -0.39 is 0 Å². The topological polar surface area (TPSA) is 60.5 Å². The van der Waals surface area contributed by atoms with E-state index in [2.05, 4.69) is 21.9 Å². The second kappa shape index (κ2) is 10.6. The van der Waals surface area contributed by atoms with Gasteiger partial charge < -0.3 is 18.9 Å². The number of benzene rings is 2. The van der Waals surface area contributed by atoms with Crippen LogP contribution in [0.5, 0.6) is 11.5 Å². The van der Waals surface area contributed by atoms with E-state index in [1.165, 1.54) is 5.56 Å². The fraction of sp³-hybridized carbons (Fsp3) is 0.483. The van der Waals surface area contributed by atoms with Gasteiger partial charge in [-0.2, -0.15) is 0 Å². The largest absolute Gasteiger partial charge is 0.496 e. The summed E-state index contributed by atoms with van der Waals surface area (Å²) in [6.45, 7) is 7.12. The van der Waals surface area contributed by atoms with E-state index in [1.807, 2.05) is 36.4 Å². The summed E-state index contributed by atoms with van der Waals surface area (Å²) in [6.07, 6.45) is 4.31. The molecule has 0 N–H and O–H groups in total. The molecule has 3 heterocycles. The number of ketones is 1. The molecular weight excluding hydrogens is 456 g/mol. The first-order valence-corrected chi connectivity index (χ1v) is 13.1. The molecule has 0 radical (unpaired) electrons. The number of fused-ring (bicyclic) bond motifs is 2. The highest BCUT2D eigenvalue weighted by Gasteiger charge is 2.40. The van der Waals surface area contributed by atoms with Crippen LogP contribution in [0.1, 0.15) is 30.4 Å². The van der Waals surface area contributed by atoms with Gasteiger partial charge in [-0.3, -0.25) is 14.6 Å². The summed E-state index contributed by atoms with van der Waals surface area (Å²) < 4.78 is 23.2. The average molecular weight is 491 g/mol. The molecule has 1 saturated carbocycles. The van der Waals surface area contributed by atoms with E-state index in [9.17, 15) is 4.79 Å². The molecule has 2 aromatic rings. The molecule has 3 atom stereocenters. The first kappa shape index (κ1) is 23.5. The molecular formula is C29H34N2O5. The molecule has 2 fully saturated rings. The van der Waals surface area contributed by atoms with Crippen LogP contribution in [0.15, 0.2) is 54.8 Å². The zero-order chi connectivity index (χ0) is 24.3. The Morgan fingerprint density at radius 3 is 2.58 bits per heavy atom. The van der Waals surface area contributed by atoms with E-state index >= 15 is 0 Å². The number of rotatable bonds is 7. The lowest BCUT2D eigenvalue weighted by Gasteiger charge is -2.38. The molecule has 7 heteroatoms. The summed E-state index contributed by atoms with van der Waals surface area (Å²) in [5, 5.41) is 0. The maximum atomic E-state index is 13.1. The number of allylic oxidation sites excluding steroid dienone is 1. The summed E-state index contributed by atoms with van der Waals surface area (Å²) in [6, 6.07) is 16.1. The third kappa shape index (κ3) is 5.14. The molecule has 3 unspecified atom stereocenters. The molecule has 0 aromatic heterocycles. The van der Waals surface area contributed by atoms with Crippen LogP contribution in [0.4, 0.5) is 0 Å². The molecule has 1 aliphatic carbocycles. The standard InChI is InChI=1S/C29H34N2O5/c32-29-24-8-7-23(17-27(24)34-19-25(29)22-4-2-1-3-5-22)33-15-14-30-10-12-31(13-11-30)18-21-6-9-26-28(16-21)36-20-35-26/h1-6,9,16,19,23-24,27H,7-8,10-15,17-18,20H2. The van der Waals surface area contributed by atoms with Crippen LogP contribution in [0.2, 0.25) is 0 Å². The van der Waals surface area contributed by atoms with Crippen molar-refractivity contribution in [2.45, 2.75) is 38.0 Å². The van der Waals surface area contributed by atoms with E-state index in [0.29, 0.717) is 12.4 Å². The number of nitrogens with zero attached hydrogens (tertiary/aromatic N) is 2. The van der Waals surface area contributed by atoms with Crippen LogP contribution >= 0.6 is 0 Å². The molecule has 0 amide bonds. The lowest BCUT2D eigenvalue weighted by molar-refractivity contribution is -0.128. The number of carbonyl (C=O) groups is 1. The number of ether oxygens (including phenoxy) is 4. The quantitative estimate of drug-likeness (QED) is 0.586. The SMILES string of the molecule is O=C1C(c2ccccc2)=COC2CC(OCCN3CCN(Cc4ccc5c(c4)OCO5)CC3)CCC12. The molecule has 3 aliphatic heterocycles. The Morgan fingerprint density at radius 2 is 1.72 bits per heavy atom. The number of hydrogen-bond acceptors (Lipinski definition) is 7. The predicted octanol–water partition coefficient (Wildman–Crippen LogP) is 3.73. The molecule has 190 valence electrons. The zero-order valence-electron chi connectivity index (χ0n) is 20.6. The number of Topliss-reactive ketones (excluding diaryl/α,β-unsaturated/α-hetero) is 1. The summed E-state index contributed by atoms with van der Waals surface area (Å²) in [4.78, 5) is 18.0. The second-order valence-corrected chi connectivity index (χ2v) is 10.2. The molecule has 4 aliphatic rings. The zero-order valence-corrected chi connectivity index (χ0v) is 20.6. The van der Waals surface area contributed by atoms with E-state index in [0.717, 1.165) is 82.2 Å². The van der Waals surface area contributed by atoms with Crippen molar-refractivity contribution in [1.82, 2.24) is 9.80 Å². The van der Waals surface area contributed by atoms with Gasteiger partial charge in [0.1, 0.15) is 6.10 Å². The van der Waals surface area contributed by atoms with Crippen molar-refractivity contribution < 1.29 is 23.7 Å². The minimum atomic E-state index is -0.0663. The fourth-order valence-corrected chi connectivity index (χ4v) is 5.75. The normalized spacial score (nSPS) is 26.3. The first-order valence-electron chi connectivity index (χ1n) is 13.1. The van der Waals surface area contributed by atoms with Crippen molar-refractivity contribution in [2.24, 2.45) is 5.92 Å². The van der Waals surface area contributed by atoms with Crippen LogP contribution in [-0.2, 0) is 20.8 Å². The highest BCUT2D eigenvalue weighted by Crippen LogP contribution is 2.37. The van der Waals surface area contributed by atoms with Gasteiger partial charge in [0.25, 0.3) is 0 Å². The third-order valence-electron chi connectivity index (χ3n) is 7.86. The number of carbonyl (C=O) groups excluding carboxylic acids is 1. The van der Waals surface area contributed by atoms with Crippen LogP contribution in [0.25, 0.3) is 5.57 Å². The van der Waals surface area contributed by atoms with Gasteiger partial charge in [0.15, 0.2) is 17.3 Å². The number of piperazine rings is 1. The highest BCUT2D eigenvalue weighted by atomic mass is 16.7. The Hall–Kier alpha value is -2.87. The summed E-state index contributed by atoms with van der Waals surface area (Å²) >= 11 is 0. The van der Waals surface area contributed by atoms with Gasteiger partial charge in [-0.15, -0.1) is 0 Å². The van der Waals surface area contributed by atoms with Crippen LogP contribution in [-0.4, -0.2) is 73.9 Å². The average Bonchev–Trinajstić information content (AvgIpc) is 3.38. The Kier molecular flexibility index (Phi) is 6.94. The van der Waals surface area contributed by atoms with Gasteiger partial charge in [0.05, 0.1) is 30.5 Å². The Labute approximate surface area is 212 Å². The third-order valence-corrected chi connectivity index (χ3v) is 7.86. The Morgan fingerprint density at radius 1 is 0.917 bits per heavy atom. The Bertz CT molecular complexity index is 1100. The van der Waals surface area contributed by atoms with Gasteiger partial charge in [0, 0.05) is 45.7 Å². The predicted molar refractivity (Wildman–Crippen MR) is 136 cm³/mol. The molecule has 2 aromatic carbocycles. The minimum Gasteiger partial charge on any atom is -0.496 e. The smallest absolute Gasteiger partial charge is 0.231 e. The van der Waals surface area contributed by atoms with Gasteiger partial charge in [-0.25, -0.2) is 0 Å². The van der Waals surface area contributed by atoms with Crippen molar-refractivity contribution in [2.75, 3.05) is 46.1 Å². The molecule has 36 heavy (non-hydrogen) atoms. The second-order valence-electron chi connectivity index (χ2n) is 10.2. The van der Waals surface area contributed by atoms with Gasteiger partial charge >= 0.3 is 0 Å². The van der Waals surface area contributed by atoms with Gasteiger partial charge in [-0.05, 0) is 36.1 Å². The fourth-order valence-electron chi connectivity index (χ4n) is 5.75. The summed E-state index contributed by atoms with van der Waals surface area (Å²) in [5.74, 6) is 1.86. The van der Waals surface area contributed by atoms with Crippen LogP contribution in [0, 0.1) is 5.92 Å². The van der Waals surface area contributed by atoms with Crippen LogP contribution in [0.3, 0.4) is 0 Å². The van der Waals surface area contributed by atoms with E-state index in [4.69, 9.17) is 18.9 Å². The number of hydrogen-bond donors (Lipinski definition) is 0. The summed E-state index contributed by atoms with van der Waals surface area (Å²) in [5.41, 5.74) is 2.91. The van der Waals surface area contributed by atoms with Gasteiger partial charge in [0.2, 0.25) is 6.79 Å². The lowest BCUT2D eigenvalue weighted by atomic mass is 9.78. The molecule has 0 spiro atoms. The lowest BCUT2D eigenvalue weighted by Crippen LogP contribution is -2.47. The van der Waals surface area contributed by atoms with Crippen molar-refractivity contribution in [1.29, 1.82) is 0 Å². The Balaban J connectivity index is 0.919. The highest BCUT2D eigenvalue weighted by molar-refractivity contribution is 6.22. The molecule has 7 nitrogen and oxygen atoms in total. The van der Waals surface area contributed by atoms with Crippen molar-refractivity contribution in [3.8, 4) is 11.5 Å². The van der Waals surface area contributed by atoms with Crippen molar-refractivity contribution >= 4 is 11.4 Å². The monoisotopic (exact) mass is 490 g/mol. The first-order chi connectivity index (χ1) is 17.7. The maximum absolute atomic E-state index is 13.1. The van der Waals surface area contributed by atoms with Crippen molar-refractivity contribution in [3.63, 3.8) is 0 Å². The van der Waals surface area contributed by atoms with E-state index in [-0.39, 0.29) is 23.9 Å². The molecule has 1 saturated heterocycles. The minimum absolute atomic E-state index is 0.0529. The molecule has 0 bridgehead atoms. The van der Waals surface area contributed by atoms with Gasteiger partial charge in [-0.1, -0.05) is 36.4 Å². The van der Waals surface area contributed by atoms with E-state index in [1.54, 1.807) is 6.26 Å². The van der Waals surface area contributed by atoms with Crippen LogP contribution < -0.4 is 9.47 Å². The summed E-state index contributed by atoms with van der Waals surface area (Å²) in [7, 11) is 0. The molecule has 6 rings (SSSR count). The maximum Gasteiger partial charge on any atom is 0.231 e.